The lowest BCUT2D eigenvalue weighted by Crippen LogP contribution is -2.43. The lowest BCUT2D eigenvalue weighted by molar-refractivity contribution is -0.247. The number of hydrogen-bond acceptors (Lipinski definition) is 5. The molecular weight excluding hydrogens is 532 g/mol. The van der Waals surface area contributed by atoms with Gasteiger partial charge in [0, 0.05) is 36.2 Å². The third-order valence-electron chi connectivity index (χ3n) is 6.48. The highest BCUT2D eigenvalue weighted by atomic mass is 19.4. The number of fused-ring (bicyclic) bond motifs is 2. The molecule has 2 aromatic heterocycles. The minimum absolute atomic E-state index is 0.0381. The number of alkyl halides is 3. The molecule has 5 N–H and O–H groups in total. The SMILES string of the molecule is CC(O)Cn1cc(C(O)(c2ccc3c(cnn3-c3ccc(F)cc3)c2)C(F)(F)F)c2cccc(C(N)=O)c21.CO. The minimum Gasteiger partial charge on any atom is -0.400 e. The zero-order valence-electron chi connectivity index (χ0n) is 21.4. The van der Waals surface area contributed by atoms with E-state index < -0.39 is 40.7 Å². The third-order valence-corrected chi connectivity index (χ3v) is 6.48. The van der Waals surface area contributed by atoms with Gasteiger partial charge in [-0.25, -0.2) is 9.07 Å². The summed E-state index contributed by atoms with van der Waals surface area (Å²) in [7, 11) is 1.00. The maximum absolute atomic E-state index is 14.8. The van der Waals surface area contributed by atoms with Crippen LogP contribution in [0.4, 0.5) is 17.6 Å². The van der Waals surface area contributed by atoms with Gasteiger partial charge < -0.3 is 25.6 Å². The summed E-state index contributed by atoms with van der Waals surface area (Å²) >= 11 is 0. The average molecular weight is 559 g/mol. The molecule has 12 heteroatoms. The zero-order valence-corrected chi connectivity index (χ0v) is 21.4. The number of carbonyl (C=O) groups is 1. The summed E-state index contributed by atoms with van der Waals surface area (Å²) in [6.45, 7) is 1.30. The highest BCUT2D eigenvalue weighted by molar-refractivity contribution is 6.06. The number of benzene rings is 3. The van der Waals surface area contributed by atoms with Crippen LogP contribution in [0, 0.1) is 5.82 Å². The van der Waals surface area contributed by atoms with Crippen LogP contribution in [0.25, 0.3) is 27.5 Å². The molecule has 2 atom stereocenters. The molecule has 2 unspecified atom stereocenters. The van der Waals surface area contributed by atoms with Crippen LogP contribution in [-0.2, 0) is 12.1 Å². The Kier molecular flexibility index (Phi) is 7.70. The number of aliphatic hydroxyl groups excluding tert-OH is 2. The van der Waals surface area contributed by atoms with Gasteiger partial charge in [0.05, 0.1) is 34.6 Å². The molecule has 3 aromatic carbocycles. The summed E-state index contributed by atoms with van der Waals surface area (Å²) in [4.78, 5) is 12.1. The molecule has 210 valence electrons. The molecule has 0 aliphatic carbocycles. The van der Waals surface area contributed by atoms with Crippen molar-refractivity contribution in [1.29, 1.82) is 0 Å². The van der Waals surface area contributed by atoms with Crippen molar-refractivity contribution >= 4 is 27.7 Å². The van der Waals surface area contributed by atoms with Crippen molar-refractivity contribution in [3.63, 3.8) is 0 Å². The van der Waals surface area contributed by atoms with E-state index >= 15 is 0 Å². The number of aliphatic hydroxyl groups is 3. The number of carbonyl (C=O) groups excluding carboxylic acids is 1. The Bertz CT molecular complexity index is 1680. The Morgan fingerprint density at radius 3 is 2.35 bits per heavy atom. The summed E-state index contributed by atoms with van der Waals surface area (Å²) < 4.78 is 60.4. The Labute approximate surface area is 225 Å². The molecule has 5 aromatic rings. The Morgan fingerprint density at radius 1 is 1.07 bits per heavy atom. The lowest BCUT2D eigenvalue weighted by Gasteiger charge is -2.31. The Hall–Kier alpha value is -4.26. The first-order valence-corrected chi connectivity index (χ1v) is 12.0. The van der Waals surface area contributed by atoms with Gasteiger partial charge in [0.25, 0.3) is 5.91 Å². The van der Waals surface area contributed by atoms with Crippen molar-refractivity contribution in [3.8, 4) is 5.69 Å². The summed E-state index contributed by atoms with van der Waals surface area (Å²) in [6, 6.07) is 13.3. The molecule has 5 rings (SSSR count). The number of primary amides is 1. The van der Waals surface area contributed by atoms with Crippen molar-refractivity contribution in [2.45, 2.75) is 31.3 Å². The number of halogens is 4. The number of rotatable bonds is 6. The van der Waals surface area contributed by atoms with E-state index in [1.807, 2.05) is 0 Å². The molecule has 8 nitrogen and oxygen atoms in total. The fourth-order valence-corrected chi connectivity index (χ4v) is 4.79. The van der Waals surface area contributed by atoms with Crippen LogP contribution in [0.1, 0.15) is 28.4 Å². The molecular formula is C28H26F4N4O4. The normalized spacial score (nSPS) is 14.0. The summed E-state index contributed by atoms with van der Waals surface area (Å²) in [5, 5.41) is 32.9. The highest BCUT2D eigenvalue weighted by Gasteiger charge is 2.57. The number of nitrogens with zero attached hydrogens (tertiary/aromatic N) is 3. The molecule has 0 bridgehead atoms. The van der Waals surface area contributed by atoms with Gasteiger partial charge in [0.15, 0.2) is 0 Å². The van der Waals surface area contributed by atoms with E-state index in [9.17, 15) is 32.6 Å². The standard InChI is InChI=1S/C27H22F4N4O3.CH4O/c1-15(36)13-34-14-22(20-3-2-4-21(24(20)34)25(32)37)26(38,27(29,30)31)17-5-10-23-16(11-17)12-33-35(23)19-8-6-18(28)7-9-19;1-2/h2-12,14-15,36,38H,13H2,1H3,(H2,32,37);2H,1H3. The van der Waals surface area contributed by atoms with Gasteiger partial charge in [-0.15, -0.1) is 0 Å². The molecule has 0 fully saturated rings. The second-order valence-corrected chi connectivity index (χ2v) is 9.12. The second-order valence-electron chi connectivity index (χ2n) is 9.12. The summed E-state index contributed by atoms with van der Waals surface area (Å²) in [5.41, 5.74) is 1.97. The molecule has 40 heavy (non-hydrogen) atoms. The number of amides is 1. The summed E-state index contributed by atoms with van der Waals surface area (Å²) in [6.07, 6.45) is -3.71. The van der Waals surface area contributed by atoms with E-state index in [4.69, 9.17) is 10.8 Å². The van der Waals surface area contributed by atoms with E-state index in [1.165, 1.54) is 77.0 Å². The van der Waals surface area contributed by atoms with Crippen LogP contribution in [0.3, 0.4) is 0 Å². The third kappa shape index (κ3) is 4.81. The maximum Gasteiger partial charge on any atom is 0.425 e. The van der Waals surface area contributed by atoms with Crippen LogP contribution in [0.5, 0.6) is 0 Å². The minimum atomic E-state index is -5.18. The Morgan fingerprint density at radius 2 is 1.75 bits per heavy atom. The number of aromatic nitrogens is 3. The molecule has 2 heterocycles. The van der Waals surface area contributed by atoms with Gasteiger partial charge in [-0.3, -0.25) is 4.79 Å². The molecule has 1 amide bonds. The van der Waals surface area contributed by atoms with E-state index in [2.05, 4.69) is 5.10 Å². The summed E-state index contributed by atoms with van der Waals surface area (Å²) in [5.74, 6) is -1.31. The Balaban J connectivity index is 0.00000181. The van der Waals surface area contributed by atoms with Crippen LogP contribution < -0.4 is 5.73 Å². The number of para-hydroxylation sites is 1. The van der Waals surface area contributed by atoms with Crippen molar-refractivity contribution in [2.24, 2.45) is 5.73 Å². The first-order chi connectivity index (χ1) is 18.9. The van der Waals surface area contributed by atoms with E-state index in [-0.39, 0.29) is 23.0 Å². The molecule has 0 saturated heterocycles. The van der Waals surface area contributed by atoms with Crippen molar-refractivity contribution in [1.82, 2.24) is 14.3 Å². The van der Waals surface area contributed by atoms with Crippen LogP contribution in [-0.4, -0.2) is 55.0 Å². The van der Waals surface area contributed by atoms with Crippen LogP contribution in [0.2, 0.25) is 0 Å². The molecule has 0 aliphatic heterocycles. The monoisotopic (exact) mass is 558 g/mol. The predicted molar refractivity (Wildman–Crippen MR) is 140 cm³/mol. The fourth-order valence-electron chi connectivity index (χ4n) is 4.79. The number of nitrogens with two attached hydrogens (primary N) is 1. The number of hydrogen-bond donors (Lipinski definition) is 4. The molecule has 0 aliphatic rings. The maximum atomic E-state index is 14.8. The van der Waals surface area contributed by atoms with Gasteiger partial charge in [0.1, 0.15) is 5.82 Å². The van der Waals surface area contributed by atoms with Gasteiger partial charge in [-0.1, -0.05) is 18.2 Å². The van der Waals surface area contributed by atoms with Crippen molar-refractivity contribution in [2.75, 3.05) is 7.11 Å². The van der Waals surface area contributed by atoms with Crippen molar-refractivity contribution in [3.05, 3.63) is 95.6 Å². The predicted octanol–water partition coefficient (Wildman–Crippen LogP) is 4.01. The molecule has 0 spiro atoms. The van der Waals surface area contributed by atoms with Gasteiger partial charge in [-0.2, -0.15) is 18.3 Å². The first kappa shape index (κ1) is 28.7. The smallest absolute Gasteiger partial charge is 0.400 e. The quantitative estimate of drug-likeness (QED) is 0.234. The van der Waals surface area contributed by atoms with Gasteiger partial charge in [-0.05, 0) is 55.0 Å². The second kappa shape index (κ2) is 10.7. The highest BCUT2D eigenvalue weighted by Crippen LogP contribution is 2.48. The van der Waals surface area contributed by atoms with Gasteiger partial charge in [0.2, 0.25) is 5.60 Å². The zero-order chi connectivity index (χ0) is 29.4. The molecule has 0 saturated carbocycles. The fraction of sp³-hybridized carbons (Fsp3) is 0.214. The van der Waals surface area contributed by atoms with E-state index in [1.54, 1.807) is 0 Å². The van der Waals surface area contributed by atoms with Crippen molar-refractivity contribution < 1.29 is 37.7 Å². The first-order valence-electron chi connectivity index (χ1n) is 12.0. The van der Waals surface area contributed by atoms with Gasteiger partial charge >= 0.3 is 6.18 Å². The average Bonchev–Trinajstić information content (AvgIpc) is 3.50. The van der Waals surface area contributed by atoms with E-state index in [0.29, 0.717) is 16.6 Å². The van der Waals surface area contributed by atoms with E-state index in [0.717, 1.165) is 19.4 Å². The lowest BCUT2D eigenvalue weighted by atomic mass is 9.84. The van der Waals surface area contributed by atoms with Crippen LogP contribution >= 0.6 is 0 Å². The van der Waals surface area contributed by atoms with Crippen LogP contribution in [0.15, 0.2) is 73.1 Å². The largest absolute Gasteiger partial charge is 0.425 e. The molecule has 0 radical (unpaired) electrons. The topological polar surface area (TPSA) is 127 Å².